The standard InChI is InChI=1S/C15H25NO/c1-10(2)16-13(5)12(4)14-9-11(3)7-8-15(14)17-6/h7-10,12-13,16H,1-6H3. The zero-order valence-corrected chi connectivity index (χ0v) is 11.9. The first-order chi connectivity index (χ1) is 7.95. The molecule has 96 valence electrons. The second-order valence-corrected chi connectivity index (χ2v) is 5.14. The van der Waals surface area contributed by atoms with E-state index in [2.05, 4.69) is 58.1 Å². The van der Waals surface area contributed by atoms with E-state index in [0.29, 0.717) is 18.0 Å². The molecule has 1 N–H and O–H groups in total. The van der Waals surface area contributed by atoms with Crippen molar-refractivity contribution >= 4 is 0 Å². The summed E-state index contributed by atoms with van der Waals surface area (Å²) in [6.45, 7) is 11.0. The molecule has 0 bridgehead atoms. The highest BCUT2D eigenvalue weighted by Gasteiger charge is 2.18. The summed E-state index contributed by atoms with van der Waals surface area (Å²) in [4.78, 5) is 0. The Bertz CT molecular complexity index is 360. The summed E-state index contributed by atoms with van der Waals surface area (Å²) in [5, 5.41) is 3.56. The zero-order chi connectivity index (χ0) is 13.0. The molecule has 1 aromatic rings. The lowest BCUT2D eigenvalue weighted by molar-refractivity contribution is 0.390. The molecular formula is C15H25NO. The number of methoxy groups -OCH3 is 1. The van der Waals surface area contributed by atoms with Gasteiger partial charge < -0.3 is 10.1 Å². The fourth-order valence-corrected chi connectivity index (χ4v) is 2.15. The van der Waals surface area contributed by atoms with E-state index in [4.69, 9.17) is 4.74 Å². The number of aryl methyl sites for hydroxylation is 1. The van der Waals surface area contributed by atoms with Crippen LogP contribution in [0, 0.1) is 6.92 Å². The van der Waals surface area contributed by atoms with Crippen molar-refractivity contribution in [2.45, 2.75) is 52.6 Å². The van der Waals surface area contributed by atoms with E-state index >= 15 is 0 Å². The summed E-state index contributed by atoms with van der Waals surface area (Å²) >= 11 is 0. The summed E-state index contributed by atoms with van der Waals surface area (Å²) in [6, 6.07) is 7.31. The number of rotatable bonds is 5. The molecule has 0 aromatic heterocycles. The van der Waals surface area contributed by atoms with Gasteiger partial charge in [0.2, 0.25) is 0 Å². The van der Waals surface area contributed by atoms with Gasteiger partial charge in [0, 0.05) is 12.1 Å². The molecule has 0 saturated heterocycles. The average molecular weight is 235 g/mol. The average Bonchev–Trinajstić information content (AvgIpc) is 2.27. The van der Waals surface area contributed by atoms with Gasteiger partial charge in [-0.3, -0.25) is 0 Å². The van der Waals surface area contributed by atoms with Crippen LogP contribution in [0.15, 0.2) is 18.2 Å². The van der Waals surface area contributed by atoms with Crippen molar-refractivity contribution in [3.05, 3.63) is 29.3 Å². The van der Waals surface area contributed by atoms with E-state index in [9.17, 15) is 0 Å². The molecule has 1 aromatic carbocycles. The number of nitrogens with one attached hydrogen (secondary N) is 1. The molecule has 2 heteroatoms. The molecule has 1 rings (SSSR count). The monoisotopic (exact) mass is 235 g/mol. The second kappa shape index (κ2) is 6.06. The van der Waals surface area contributed by atoms with Gasteiger partial charge in [0.05, 0.1) is 7.11 Å². The van der Waals surface area contributed by atoms with Crippen LogP contribution in [0.3, 0.4) is 0 Å². The van der Waals surface area contributed by atoms with E-state index in [1.54, 1.807) is 7.11 Å². The molecule has 0 radical (unpaired) electrons. The van der Waals surface area contributed by atoms with E-state index in [1.807, 2.05) is 0 Å². The van der Waals surface area contributed by atoms with Gasteiger partial charge in [0.1, 0.15) is 5.75 Å². The van der Waals surface area contributed by atoms with Gasteiger partial charge in [0.15, 0.2) is 0 Å². The molecule has 2 nitrogen and oxygen atoms in total. The van der Waals surface area contributed by atoms with Crippen LogP contribution in [-0.2, 0) is 0 Å². The minimum Gasteiger partial charge on any atom is -0.496 e. The fourth-order valence-electron chi connectivity index (χ4n) is 2.15. The number of benzene rings is 1. The molecule has 0 amide bonds. The van der Waals surface area contributed by atoms with Crippen LogP contribution in [0.1, 0.15) is 44.7 Å². The molecule has 0 spiro atoms. The highest BCUT2D eigenvalue weighted by molar-refractivity contribution is 5.39. The van der Waals surface area contributed by atoms with Crippen molar-refractivity contribution in [1.29, 1.82) is 0 Å². The summed E-state index contributed by atoms with van der Waals surface area (Å²) in [5.41, 5.74) is 2.57. The maximum Gasteiger partial charge on any atom is 0.122 e. The summed E-state index contributed by atoms with van der Waals surface area (Å²) < 4.78 is 5.45. The molecular weight excluding hydrogens is 210 g/mol. The van der Waals surface area contributed by atoms with Gasteiger partial charge in [-0.05, 0) is 31.4 Å². The minimum absolute atomic E-state index is 0.436. The maximum absolute atomic E-state index is 5.45. The predicted molar refractivity (Wildman–Crippen MR) is 73.9 cm³/mol. The van der Waals surface area contributed by atoms with Crippen molar-refractivity contribution in [3.63, 3.8) is 0 Å². The van der Waals surface area contributed by atoms with Crippen LogP contribution >= 0.6 is 0 Å². The minimum atomic E-state index is 0.436. The molecule has 0 fully saturated rings. The number of hydrogen-bond donors (Lipinski definition) is 1. The van der Waals surface area contributed by atoms with Gasteiger partial charge in [-0.2, -0.15) is 0 Å². The molecule has 17 heavy (non-hydrogen) atoms. The molecule has 2 atom stereocenters. The van der Waals surface area contributed by atoms with Crippen molar-refractivity contribution in [2.24, 2.45) is 0 Å². The Morgan fingerprint density at radius 3 is 2.29 bits per heavy atom. The third kappa shape index (κ3) is 3.74. The Labute approximate surface area is 105 Å². The van der Waals surface area contributed by atoms with Gasteiger partial charge >= 0.3 is 0 Å². The van der Waals surface area contributed by atoms with Crippen molar-refractivity contribution in [2.75, 3.05) is 7.11 Å². The topological polar surface area (TPSA) is 21.3 Å². The molecule has 0 aliphatic heterocycles. The highest BCUT2D eigenvalue weighted by atomic mass is 16.5. The van der Waals surface area contributed by atoms with Crippen molar-refractivity contribution < 1.29 is 4.74 Å². The molecule has 0 aliphatic carbocycles. The van der Waals surface area contributed by atoms with Gasteiger partial charge in [-0.15, -0.1) is 0 Å². The van der Waals surface area contributed by atoms with E-state index in [1.165, 1.54) is 11.1 Å². The van der Waals surface area contributed by atoms with Crippen molar-refractivity contribution in [3.8, 4) is 5.75 Å². The van der Waals surface area contributed by atoms with E-state index in [0.717, 1.165) is 5.75 Å². The lowest BCUT2D eigenvalue weighted by Crippen LogP contribution is -2.36. The SMILES string of the molecule is COc1ccc(C)cc1C(C)C(C)NC(C)C. The summed E-state index contributed by atoms with van der Waals surface area (Å²) in [7, 11) is 1.74. The lowest BCUT2D eigenvalue weighted by atomic mass is 9.92. The van der Waals surface area contributed by atoms with Crippen LogP contribution < -0.4 is 10.1 Å². The Morgan fingerprint density at radius 2 is 1.76 bits per heavy atom. The van der Waals surface area contributed by atoms with Crippen LogP contribution in [-0.4, -0.2) is 19.2 Å². The Kier molecular flexibility index (Phi) is 5.01. The fraction of sp³-hybridized carbons (Fsp3) is 0.600. The Balaban J connectivity index is 2.93. The number of ether oxygens (including phenoxy) is 1. The second-order valence-electron chi connectivity index (χ2n) is 5.14. The normalized spacial score (nSPS) is 14.8. The van der Waals surface area contributed by atoms with Gasteiger partial charge in [-0.1, -0.05) is 38.5 Å². The van der Waals surface area contributed by atoms with E-state index in [-0.39, 0.29) is 0 Å². The van der Waals surface area contributed by atoms with E-state index < -0.39 is 0 Å². The predicted octanol–water partition coefficient (Wildman–Crippen LogP) is 3.49. The first-order valence-corrected chi connectivity index (χ1v) is 6.36. The van der Waals surface area contributed by atoms with Crippen LogP contribution in [0.4, 0.5) is 0 Å². The molecule has 0 aliphatic rings. The summed E-state index contributed by atoms with van der Waals surface area (Å²) in [5.74, 6) is 1.42. The van der Waals surface area contributed by atoms with Crippen LogP contribution in [0.5, 0.6) is 5.75 Å². The maximum atomic E-state index is 5.45. The van der Waals surface area contributed by atoms with Gasteiger partial charge in [0.25, 0.3) is 0 Å². The van der Waals surface area contributed by atoms with Crippen LogP contribution in [0.25, 0.3) is 0 Å². The molecule has 2 unspecified atom stereocenters. The Morgan fingerprint density at radius 1 is 1.12 bits per heavy atom. The highest BCUT2D eigenvalue weighted by Crippen LogP contribution is 2.29. The van der Waals surface area contributed by atoms with Crippen LogP contribution in [0.2, 0.25) is 0 Å². The molecule has 0 saturated carbocycles. The Hall–Kier alpha value is -1.02. The quantitative estimate of drug-likeness (QED) is 0.843. The zero-order valence-electron chi connectivity index (χ0n) is 11.9. The molecule has 0 heterocycles. The smallest absolute Gasteiger partial charge is 0.122 e. The first kappa shape index (κ1) is 14.0. The summed E-state index contributed by atoms with van der Waals surface area (Å²) in [6.07, 6.45) is 0. The lowest BCUT2D eigenvalue weighted by Gasteiger charge is -2.25. The van der Waals surface area contributed by atoms with Crippen molar-refractivity contribution in [1.82, 2.24) is 5.32 Å². The van der Waals surface area contributed by atoms with Gasteiger partial charge in [-0.25, -0.2) is 0 Å². The third-order valence-electron chi connectivity index (χ3n) is 3.22. The first-order valence-electron chi connectivity index (χ1n) is 6.36. The third-order valence-corrected chi connectivity index (χ3v) is 3.22. The largest absolute Gasteiger partial charge is 0.496 e. The number of hydrogen-bond acceptors (Lipinski definition) is 2.